The van der Waals surface area contributed by atoms with Crippen LogP contribution >= 0.6 is 0 Å². The molecule has 11 heteroatoms. The number of nitrogens with one attached hydrogen (secondary N) is 1. The van der Waals surface area contributed by atoms with Gasteiger partial charge >= 0.3 is 0 Å². The number of amides is 2. The predicted octanol–water partition coefficient (Wildman–Crippen LogP) is 1.57. The van der Waals surface area contributed by atoms with Crippen LogP contribution in [0.4, 0.5) is 10.1 Å². The Bertz CT molecular complexity index is 1080. The number of hydrogen-bond donors (Lipinski definition) is 1. The third-order valence-corrected chi connectivity index (χ3v) is 6.67. The van der Waals surface area contributed by atoms with E-state index in [0.29, 0.717) is 11.4 Å². The summed E-state index contributed by atoms with van der Waals surface area (Å²) in [7, 11) is -0.851. The van der Waals surface area contributed by atoms with Gasteiger partial charge < -0.3 is 19.7 Å². The summed E-state index contributed by atoms with van der Waals surface area (Å²) < 4.78 is 51.6. The van der Waals surface area contributed by atoms with Crippen LogP contribution in [0.15, 0.2) is 47.4 Å². The van der Waals surface area contributed by atoms with Gasteiger partial charge in [0.05, 0.1) is 13.2 Å². The van der Waals surface area contributed by atoms with Gasteiger partial charge in [-0.05, 0) is 42.5 Å². The molecule has 1 fully saturated rings. The number of morpholine rings is 1. The zero-order valence-electron chi connectivity index (χ0n) is 17.7. The fourth-order valence-corrected chi connectivity index (χ4v) is 4.38. The van der Waals surface area contributed by atoms with Crippen LogP contribution in [0.3, 0.4) is 0 Å². The maximum absolute atomic E-state index is 14.3. The minimum Gasteiger partial charge on any atom is -0.484 e. The molecule has 3 rings (SSSR count). The van der Waals surface area contributed by atoms with Crippen molar-refractivity contribution < 1.29 is 31.9 Å². The summed E-state index contributed by atoms with van der Waals surface area (Å²) >= 11 is 0. The van der Waals surface area contributed by atoms with Gasteiger partial charge in [0.2, 0.25) is 10.0 Å². The number of likely N-dealkylation sites (N-methyl/N-ethyl adjacent to an activating group) is 1. The first kappa shape index (κ1) is 23.6. The zero-order chi connectivity index (χ0) is 23.3. The monoisotopic (exact) mass is 465 g/mol. The van der Waals surface area contributed by atoms with Crippen LogP contribution in [0.2, 0.25) is 0 Å². The van der Waals surface area contributed by atoms with Crippen molar-refractivity contribution in [2.24, 2.45) is 0 Å². The van der Waals surface area contributed by atoms with Crippen molar-refractivity contribution in [2.75, 3.05) is 52.3 Å². The highest BCUT2D eigenvalue weighted by Gasteiger charge is 2.29. The molecule has 32 heavy (non-hydrogen) atoms. The van der Waals surface area contributed by atoms with Gasteiger partial charge in [0, 0.05) is 38.4 Å². The number of halogens is 1. The molecule has 172 valence electrons. The highest BCUT2D eigenvalue weighted by Crippen LogP contribution is 2.23. The molecule has 1 saturated heterocycles. The molecule has 0 atom stereocenters. The van der Waals surface area contributed by atoms with Gasteiger partial charge in [-0.25, -0.2) is 12.8 Å². The third-order valence-electron chi connectivity index (χ3n) is 4.75. The van der Waals surface area contributed by atoms with E-state index in [-0.39, 0.29) is 44.4 Å². The number of carbonyl (C=O) groups is 2. The molecule has 1 heterocycles. The molecule has 1 aliphatic rings. The number of ether oxygens (including phenoxy) is 2. The lowest BCUT2D eigenvalue weighted by Crippen LogP contribution is -2.41. The molecule has 2 amide bonds. The second kappa shape index (κ2) is 10.1. The maximum Gasteiger partial charge on any atom is 0.259 e. The molecule has 2 aromatic carbocycles. The second-order valence-corrected chi connectivity index (χ2v) is 9.12. The average Bonchev–Trinajstić information content (AvgIpc) is 2.79. The quantitative estimate of drug-likeness (QED) is 0.666. The Balaban J connectivity index is 1.70. The molecule has 0 bridgehead atoms. The van der Waals surface area contributed by atoms with Crippen LogP contribution in [0.25, 0.3) is 0 Å². The van der Waals surface area contributed by atoms with Gasteiger partial charge in [-0.2, -0.15) is 4.31 Å². The van der Waals surface area contributed by atoms with Gasteiger partial charge in [-0.3, -0.25) is 9.59 Å². The Morgan fingerprint density at radius 3 is 2.41 bits per heavy atom. The van der Waals surface area contributed by atoms with E-state index in [0.717, 1.165) is 16.4 Å². The van der Waals surface area contributed by atoms with Crippen molar-refractivity contribution >= 4 is 27.5 Å². The summed E-state index contributed by atoms with van der Waals surface area (Å²) in [5.74, 6) is -1.28. The fraction of sp³-hybridized carbons (Fsp3) is 0.333. The summed E-state index contributed by atoms with van der Waals surface area (Å²) in [4.78, 5) is 25.0. The van der Waals surface area contributed by atoms with Crippen LogP contribution in [-0.4, -0.2) is 76.4 Å². The number of hydrogen-bond acceptors (Lipinski definition) is 6. The van der Waals surface area contributed by atoms with E-state index in [1.165, 1.54) is 11.0 Å². The van der Waals surface area contributed by atoms with Crippen LogP contribution in [0, 0.1) is 5.82 Å². The lowest BCUT2D eigenvalue weighted by Gasteiger charge is -2.26. The van der Waals surface area contributed by atoms with E-state index in [1.807, 2.05) is 0 Å². The van der Waals surface area contributed by atoms with Crippen molar-refractivity contribution in [1.29, 1.82) is 0 Å². The molecule has 0 aliphatic carbocycles. The molecule has 0 radical (unpaired) electrons. The molecule has 1 aliphatic heterocycles. The maximum atomic E-state index is 14.3. The first-order valence-corrected chi connectivity index (χ1v) is 11.2. The van der Waals surface area contributed by atoms with E-state index < -0.39 is 26.6 Å². The minimum absolute atomic E-state index is 0.00450. The summed E-state index contributed by atoms with van der Waals surface area (Å²) in [6.45, 7) is 0.572. The number of carbonyl (C=O) groups excluding carboxylic acids is 2. The zero-order valence-corrected chi connectivity index (χ0v) is 18.5. The van der Waals surface area contributed by atoms with Gasteiger partial charge in [0.1, 0.15) is 16.5 Å². The molecule has 2 aromatic rings. The van der Waals surface area contributed by atoms with Crippen LogP contribution < -0.4 is 10.1 Å². The average molecular weight is 466 g/mol. The minimum atomic E-state index is -4.10. The Labute approximate surface area is 185 Å². The number of nitrogens with zero attached hydrogens (tertiary/aromatic N) is 2. The summed E-state index contributed by atoms with van der Waals surface area (Å²) in [5.41, 5.74) is 0.415. The van der Waals surface area contributed by atoms with Crippen molar-refractivity contribution in [3.63, 3.8) is 0 Å². The number of rotatable bonds is 7. The lowest BCUT2D eigenvalue weighted by molar-refractivity contribution is -0.130. The van der Waals surface area contributed by atoms with Crippen molar-refractivity contribution in [2.45, 2.75) is 4.90 Å². The summed E-state index contributed by atoms with van der Waals surface area (Å²) in [6, 6.07) is 9.51. The summed E-state index contributed by atoms with van der Waals surface area (Å²) in [6.07, 6.45) is 0. The molecule has 1 N–H and O–H groups in total. The smallest absolute Gasteiger partial charge is 0.259 e. The predicted molar refractivity (Wildman–Crippen MR) is 115 cm³/mol. The number of sulfonamides is 1. The standard InChI is InChI=1S/C21H24FN3O6S/c1-24(2)20(26)14-31-17-6-4-16(5-7-17)23-21(27)15-3-8-18(22)19(13-15)32(28,29)25-9-11-30-12-10-25/h3-8,13H,9-12,14H2,1-2H3,(H,23,27). The molecule has 0 spiro atoms. The molecular weight excluding hydrogens is 441 g/mol. The van der Waals surface area contributed by atoms with E-state index in [2.05, 4.69) is 5.32 Å². The molecule has 0 saturated carbocycles. The number of benzene rings is 2. The second-order valence-electron chi connectivity index (χ2n) is 7.22. The van der Waals surface area contributed by atoms with Gasteiger partial charge in [0.15, 0.2) is 6.61 Å². The van der Waals surface area contributed by atoms with Crippen LogP contribution in [0.5, 0.6) is 5.75 Å². The molecular formula is C21H24FN3O6S. The van der Waals surface area contributed by atoms with Gasteiger partial charge in [-0.15, -0.1) is 0 Å². The van der Waals surface area contributed by atoms with Crippen LogP contribution in [-0.2, 0) is 19.6 Å². The van der Waals surface area contributed by atoms with E-state index >= 15 is 0 Å². The normalized spacial score (nSPS) is 14.6. The first-order valence-electron chi connectivity index (χ1n) is 9.80. The Hall–Kier alpha value is -3.02. The fourth-order valence-electron chi connectivity index (χ4n) is 2.88. The molecule has 0 aromatic heterocycles. The summed E-state index contributed by atoms with van der Waals surface area (Å²) in [5, 5.41) is 2.63. The number of anilines is 1. The van der Waals surface area contributed by atoms with E-state index in [9.17, 15) is 22.4 Å². The van der Waals surface area contributed by atoms with Gasteiger partial charge in [-0.1, -0.05) is 0 Å². The Morgan fingerprint density at radius 1 is 1.12 bits per heavy atom. The largest absolute Gasteiger partial charge is 0.484 e. The van der Waals surface area contributed by atoms with Crippen LogP contribution in [0.1, 0.15) is 10.4 Å². The highest BCUT2D eigenvalue weighted by molar-refractivity contribution is 7.89. The van der Waals surface area contributed by atoms with E-state index in [1.54, 1.807) is 38.4 Å². The highest BCUT2D eigenvalue weighted by atomic mass is 32.2. The Kier molecular flexibility index (Phi) is 7.44. The molecule has 0 unspecified atom stereocenters. The van der Waals surface area contributed by atoms with Gasteiger partial charge in [0.25, 0.3) is 11.8 Å². The first-order chi connectivity index (χ1) is 15.2. The SMILES string of the molecule is CN(C)C(=O)COc1ccc(NC(=O)c2ccc(F)c(S(=O)(=O)N3CCOCC3)c2)cc1. The lowest BCUT2D eigenvalue weighted by atomic mass is 10.2. The third kappa shape index (κ3) is 5.61. The topological polar surface area (TPSA) is 105 Å². The van der Waals surface area contributed by atoms with E-state index in [4.69, 9.17) is 9.47 Å². The van der Waals surface area contributed by atoms with Crippen molar-refractivity contribution in [1.82, 2.24) is 9.21 Å². The Morgan fingerprint density at radius 2 is 1.78 bits per heavy atom. The van der Waals surface area contributed by atoms with Crippen molar-refractivity contribution in [3.05, 3.63) is 53.8 Å². The molecule has 9 nitrogen and oxygen atoms in total. The van der Waals surface area contributed by atoms with Crippen molar-refractivity contribution in [3.8, 4) is 5.75 Å².